The predicted octanol–water partition coefficient (Wildman–Crippen LogP) is 4.58. The highest BCUT2D eigenvalue weighted by Gasteiger charge is 2.24. The van der Waals surface area contributed by atoms with Gasteiger partial charge in [0.2, 0.25) is 10.0 Å². The summed E-state index contributed by atoms with van der Waals surface area (Å²) in [6, 6.07) is 21.8. The van der Waals surface area contributed by atoms with Crippen molar-refractivity contribution in [1.82, 2.24) is 9.62 Å². The number of nitrogens with zero attached hydrogens (tertiary/aromatic N) is 1. The van der Waals surface area contributed by atoms with Crippen LogP contribution in [-0.2, 0) is 25.9 Å². The Balaban J connectivity index is 1.76. The molecule has 0 fully saturated rings. The molecule has 0 aliphatic rings. The van der Waals surface area contributed by atoms with Crippen molar-refractivity contribution in [3.05, 3.63) is 89.5 Å². The van der Waals surface area contributed by atoms with E-state index in [0.29, 0.717) is 18.5 Å². The Hall–Kier alpha value is -3.93. The van der Waals surface area contributed by atoms with Crippen molar-refractivity contribution in [3.63, 3.8) is 0 Å². The first-order chi connectivity index (χ1) is 20.3. The predicted molar refractivity (Wildman–Crippen MR) is 164 cm³/mol. The van der Waals surface area contributed by atoms with Crippen LogP contribution in [0.2, 0.25) is 0 Å². The van der Waals surface area contributed by atoms with Gasteiger partial charge in [0.1, 0.15) is 18.0 Å². The molecule has 0 saturated heterocycles. The van der Waals surface area contributed by atoms with Crippen molar-refractivity contribution in [2.24, 2.45) is 0 Å². The van der Waals surface area contributed by atoms with Gasteiger partial charge in [-0.2, -0.15) is 0 Å². The normalized spacial score (nSPS) is 12.3. The van der Waals surface area contributed by atoms with Gasteiger partial charge in [-0.25, -0.2) is 17.9 Å². The molecule has 3 aromatic carbocycles. The maximum absolute atomic E-state index is 13.0. The monoisotopic (exact) mass is 612 g/mol. The van der Waals surface area contributed by atoms with E-state index in [1.807, 2.05) is 59.3 Å². The Kier molecular flexibility index (Phi) is 11.7. The van der Waals surface area contributed by atoms with E-state index in [2.05, 4.69) is 0 Å². The summed E-state index contributed by atoms with van der Waals surface area (Å²) in [6.07, 6.45) is 0.0699. The summed E-state index contributed by atoms with van der Waals surface area (Å²) in [5.74, 6) is -0.562. The van der Waals surface area contributed by atoms with Crippen LogP contribution < -0.4 is 9.46 Å². The average Bonchev–Trinajstić information content (AvgIpc) is 2.94. The standard InChI is InChI=1S/C32H40N2O8S/c1-32(2,3)42-31(37)34(22-28(35)25-9-7-6-8-10-25)18-17-23-11-13-24(14-12-23)26-15-16-27(30(36)33-43(5,38)39)29(21-26)41-20-19-40-4/h6-16,21,28,35H,17-20,22H2,1-5H3,(H,33,36)/t28-/m0/s1. The maximum atomic E-state index is 13.0. The first kappa shape index (κ1) is 33.6. The van der Waals surface area contributed by atoms with Crippen molar-refractivity contribution < 1.29 is 37.3 Å². The highest BCUT2D eigenvalue weighted by Crippen LogP contribution is 2.28. The second-order valence-electron chi connectivity index (χ2n) is 11.1. The van der Waals surface area contributed by atoms with Gasteiger partial charge in [-0.05, 0) is 61.6 Å². The molecule has 0 unspecified atom stereocenters. The molecule has 3 aromatic rings. The lowest BCUT2D eigenvalue weighted by Crippen LogP contribution is -2.40. The first-order valence-corrected chi connectivity index (χ1v) is 15.7. The number of aliphatic hydroxyl groups is 1. The van der Waals surface area contributed by atoms with Gasteiger partial charge in [0.05, 0.1) is 31.1 Å². The summed E-state index contributed by atoms with van der Waals surface area (Å²) in [7, 11) is -2.23. The molecule has 1 atom stereocenters. The van der Waals surface area contributed by atoms with E-state index in [1.165, 1.54) is 18.1 Å². The second kappa shape index (κ2) is 15.0. The molecule has 0 aromatic heterocycles. The molecule has 0 bridgehead atoms. The molecule has 10 nitrogen and oxygen atoms in total. The number of ether oxygens (including phenoxy) is 3. The number of carbonyl (C=O) groups is 2. The lowest BCUT2D eigenvalue weighted by Gasteiger charge is -2.29. The Morgan fingerprint density at radius 3 is 2.21 bits per heavy atom. The third-order valence-electron chi connectivity index (χ3n) is 6.24. The highest BCUT2D eigenvalue weighted by atomic mass is 32.2. The molecule has 43 heavy (non-hydrogen) atoms. The van der Waals surface area contributed by atoms with Gasteiger partial charge in [0.25, 0.3) is 5.91 Å². The lowest BCUT2D eigenvalue weighted by molar-refractivity contribution is 0.0147. The molecule has 0 aliphatic carbocycles. The Bertz CT molecular complexity index is 1470. The summed E-state index contributed by atoms with van der Waals surface area (Å²) < 4.78 is 41.5. The molecule has 0 saturated carbocycles. The van der Waals surface area contributed by atoms with Gasteiger partial charge in [0, 0.05) is 13.7 Å². The number of nitrogens with one attached hydrogen (secondary N) is 1. The van der Waals surface area contributed by atoms with Crippen LogP contribution >= 0.6 is 0 Å². The fourth-order valence-electron chi connectivity index (χ4n) is 4.17. The summed E-state index contributed by atoms with van der Waals surface area (Å²) in [5, 5.41) is 10.8. The molecule has 0 spiro atoms. The Morgan fingerprint density at radius 2 is 1.60 bits per heavy atom. The Morgan fingerprint density at radius 1 is 0.953 bits per heavy atom. The third-order valence-corrected chi connectivity index (χ3v) is 6.79. The zero-order valence-corrected chi connectivity index (χ0v) is 26.0. The van der Waals surface area contributed by atoms with Crippen LogP contribution in [0.1, 0.15) is 48.4 Å². The van der Waals surface area contributed by atoms with Gasteiger partial charge in [-0.15, -0.1) is 0 Å². The maximum Gasteiger partial charge on any atom is 0.410 e. The fraction of sp³-hybridized carbons (Fsp3) is 0.375. The summed E-state index contributed by atoms with van der Waals surface area (Å²) in [4.78, 5) is 27.0. The highest BCUT2D eigenvalue weighted by molar-refractivity contribution is 7.89. The topological polar surface area (TPSA) is 131 Å². The average molecular weight is 613 g/mol. The minimum atomic E-state index is -3.75. The smallest absolute Gasteiger partial charge is 0.410 e. The number of carbonyl (C=O) groups excluding carboxylic acids is 2. The van der Waals surface area contributed by atoms with Gasteiger partial charge >= 0.3 is 6.09 Å². The molecule has 2 N–H and O–H groups in total. The van der Waals surface area contributed by atoms with E-state index in [0.717, 1.165) is 22.9 Å². The van der Waals surface area contributed by atoms with Crippen LogP contribution in [0.4, 0.5) is 4.79 Å². The van der Waals surface area contributed by atoms with E-state index >= 15 is 0 Å². The number of benzene rings is 3. The van der Waals surface area contributed by atoms with Crippen molar-refractivity contribution >= 4 is 22.0 Å². The third kappa shape index (κ3) is 11.0. The lowest BCUT2D eigenvalue weighted by atomic mass is 10.0. The zero-order valence-electron chi connectivity index (χ0n) is 25.2. The quantitative estimate of drug-likeness (QED) is 0.268. The van der Waals surface area contributed by atoms with Crippen LogP contribution in [0.3, 0.4) is 0 Å². The van der Waals surface area contributed by atoms with Crippen LogP contribution in [0.15, 0.2) is 72.8 Å². The molecule has 3 rings (SSSR count). The number of amides is 2. The number of hydrogen-bond donors (Lipinski definition) is 2. The number of aliphatic hydroxyl groups excluding tert-OH is 1. The number of hydrogen-bond acceptors (Lipinski definition) is 8. The van der Waals surface area contributed by atoms with Crippen LogP contribution in [-0.4, -0.2) is 75.7 Å². The van der Waals surface area contributed by atoms with E-state index < -0.39 is 33.7 Å². The van der Waals surface area contributed by atoms with Crippen LogP contribution in [0, 0.1) is 0 Å². The number of sulfonamides is 1. The van der Waals surface area contributed by atoms with E-state index in [4.69, 9.17) is 14.2 Å². The molecule has 0 aliphatic heterocycles. The SMILES string of the molecule is COCCOc1cc(-c2ccc(CCN(C[C@H](O)c3ccccc3)C(=O)OC(C)(C)C)cc2)ccc1C(=O)NS(C)(=O)=O. The Labute approximate surface area is 253 Å². The van der Waals surface area contributed by atoms with Crippen molar-refractivity contribution in [3.8, 4) is 16.9 Å². The molecular formula is C32H40N2O8S. The van der Waals surface area contributed by atoms with E-state index in [-0.39, 0.29) is 31.1 Å². The van der Waals surface area contributed by atoms with Gasteiger partial charge in [-0.1, -0.05) is 60.7 Å². The second-order valence-corrected chi connectivity index (χ2v) is 12.8. The summed E-state index contributed by atoms with van der Waals surface area (Å²) in [5.41, 5.74) is 2.69. The molecule has 0 heterocycles. The zero-order chi connectivity index (χ0) is 31.6. The van der Waals surface area contributed by atoms with Crippen molar-refractivity contribution in [1.29, 1.82) is 0 Å². The van der Waals surface area contributed by atoms with Gasteiger partial charge in [0.15, 0.2) is 0 Å². The summed E-state index contributed by atoms with van der Waals surface area (Å²) >= 11 is 0. The van der Waals surface area contributed by atoms with E-state index in [9.17, 15) is 23.1 Å². The van der Waals surface area contributed by atoms with Crippen LogP contribution in [0.25, 0.3) is 11.1 Å². The van der Waals surface area contributed by atoms with Gasteiger partial charge in [-0.3, -0.25) is 4.79 Å². The number of rotatable bonds is 13. The van der Waals surface area contributed by atoms with Crippen molar-refractivity contribution in [2.45, 2.75) is 38.9 Å². The number of methoxy groups -OCH3 is 1. The fourth-order valence-corrected chi connectivity index (χ4v) is 4.61. The minimum Gasteiger partial charge on any atom is -0.490 e. The largest absolute Gasteiger partial charge is 0.490 e. The molecule has 11 heteroatoms. The first-order valence-electron chi connectivity index (χ1n) is 13.8. The van der Waals surface area contributed by atoms with E-state index in [1.54, 1.807) is 32.9 Å². The molecule has 0 radical (unpaired) electrons. The van der Waals surface area contributed by atoms with Crippen molar-refractivity contribution in [2.75, 3.05) is 39.7 Å². The summed E-state index contributed by atoms with van der Waals surface area (Å²) in [6.45, 7) is 6.28. The van der Waals surface area contributed by atoms with Crippen LogP contribution in [0.5, 0.6) is 5.75 Å². The van der Waals surface area contributed by atoms with Gasteiger partial charge < -0.3 is 24.2 Å². The molecule has 232 valence electrons. The molecular weight excluding hydrogens is 572 g/mol. The minimum absolute atomic E-state index is 0.0850. The molecule has 2 amide bonds.